The maximum Gasteiger partial charge on any atom is 0.326 e. The number of anilines is 1. The van der Waals surface area contributed by atoms with E-state index in [2.05, 4.69) is 35.5 Å². The first-order chi connectivity index (χ1) is 14.0. The predicted molar refractivity (Wildman–Crippen MR) is 99.3 cm³/mol. The molecule has 4 aromatic rings. The fourth-order valence-corrected chi connectivity index (χ4v) is 2.62. The minimum atomic E-state index is -0.892. The lowest BCUT2D eigenvalue weighted by Gasteiger charge is -2.11. The summed E-state index contributed by atoms with van der Waals surface area (Å²) in [5, 5.41) is 20.1. The molecule has 0 fully saturated rings. The molecular formula is C18H15F2N7O2. The van der Waals surface area contributed by atoms with E-state index < -0.39 is 17.7 Å². The summed E-state index contributed by atoms with van der Waals surface area (Å²) in [5.74, 6) is -1.55. The highest BCUT2D eigenvalue weighted by Gasteiger charge is 2.19. The summed E-state index contributed by atoms with van der Waals surface area (Å²) in [6.45, 7) is 1.80. The number of aliphatic hydroxyl groups excluding tert-OH is 1. The van der Waals surface area contributed by atoms with Crippen molar-refractivity contribution >= 4 is 16.9 Å². The molecule has 0 saturated carbocycles. The van der Waals surface area contributed by atoms with Gasteiger partial charge in [-0.2, -0.15) is 15.1 Å². The summed E-state index contributed by atoms with van der Waals surface area (Å²) in [7, 11) is 0. The van der Waals surface area contributed by atoms with Crippen LogP contribution in [-0.4, -0.2) is 47.9 Å². The Morgan fingerprint density at radius 1 is 1.21 bits per heavy atom. The number of hydrogen-bond donors (Lipinski definition) is 3. The molecule has 0 aliphatic carbocycles. The highest BCUT2D eigenvalue weighted by molar-refractivity contribution is 5.98. The van der Waals surface area contributed by atoms with Gasteiger partial charge >= 0.3 is 6.01 Å². The fourth-order valence-electron chi connectivity index (χ4n) is 2.62. The molecule has 0 bridgehead atoms. The van der Waals surface area contributed by atoms with E-state index in [1.54, 1.807) is 19.3 Å². The standard InChI is InChI=1S/C18H15F2N7O2/c1-9(28)5-23-16-14-15(10-6-21-8-22-7-10)26-27-17(14)25-18(24-16)29-13-3-2-11(19)4-12(13)20/h2-4,6-9,28H,5H2,1H3,(H2,23,24,25,26,27)/t9-/m0/s1. The van der Waals surface area contributed by atoms with Crippen LogP contribution in [0.1, 0.15) is 6.92 Å². The van der Waals surface area contributed by atoms with Gasteiger partial charge in [-0.3, -0.25) is 5.10 Å². The van der Waals surface area contributed by atoms with Crippen LogP contribution in [0, 0.1) is 11.6 Å². The van der Waals surface area contributed by atoms with E-state index in [4.69, 9.17) is 4.74 Å². The first-order valence-electron chi connectivity index (χ1n) is 8.57. The van der Waals surface area contributed by atoms with Gasteiger partial charge in [0.1, 0.15) is 18.0 Å². The van der Waals surface area contributed by atoms with E-state index in [0.29, 0.717) is 28.5 Å². The first kappa shape index (κ1) is 18.6. The molecule has 9 nitrogen and oxygen atoms in total. The van der Waals surface area contributed by atoms with Crippen molar-refractivity contribution in [3.8, 4) is 23.0 Å². The lowest BCUT2D eigenvalue weighted by atomic mass is 10.2. The number of hydrogen-bond acceptors (Lipinski definition) is 8. The molecule has 0 spiro atoms. The number of fused-ring (bicyclic) bond motifs is 1. The van der Waals surface area contributed by atoms with Crippen LogP contribution in [0.3, 0.4) is 0 Å². The second kappa shape index (κ2) is 7.72. The second-order valence-electron chi connectivity index (χ2n) is 6.19. The molecule has 4 rings (SSSR count). The third kappa shape index (κ3) is 3.94. The zero-order valence-corrected chi connectivity index (χ0v) is 15.1. The quantitative estimate of drug-likeness (QED) is 0.452. The normalized spacial score (nSPS) is 12.1. The lowest BCUT2D eigenvalue weighted by molar-refractivity contribution is 0.208. The third-order valence-electron chi connectivity index (χ3n) is 3.90. The van der Waals surface area contributed by atoms with E-state index in [9.17, 15) is 13.9 Å². The SMILES string of the molecule is C[C@H](O)CNc1nc(Oc2ccc(F)cc2F)nc2n[nH]c(-c3cncnc3)c12. The number of aromatic nitrogens is 6. The molecule has 1 aromatic carbocycles. The maximum absolute atomic E-state index is 13.9. The van der Waals surface area contributed by atoms with Gasteiger partial charge in [0.15, 0.2) is 17.2 Å². The van der Waals surface area contributed by atoms with Crippen molar-refractivity contribution in [1.29, 1.82) is 0 Å². The minimum Gasteiger partial charge on any atom is -0.421 e. The molecule has 0 amide bonds. The average Bonchev–Trinajstić information content (AvgIpc) is 3.13. The summed E-state index contributed by atoms with van der Waals surface area (Å²) < 4.78 is 32.4. The van der Waals surface area contributed by atoms with Crippen LogP contribution in [0.5, 0.6) is 11.8 Å². The summed E-state index contributed by atoms with van der Waals surface area (Å²) in [5.41, 5.74) is 1.45. The van der Waals surface area contributed by atoms with E-state index in [1.807, 2.05) is 0 Å². The Morgan fingerprint density at radius 2 is 2.00 bits per heavy atom. The largest absolute Gasteiger partial charge is 0.421 e. The Bertz CT molecular complexity index is 1150. The van der Waals surface area contributed by atoms with Crippen LogP contribution in [0.4, 0.5) is 14.6 Å². The average molecular weight is 399 g/mol. The van der Waals surface area contributed by atoms with Gasteiger partial charge in [-0.25, -0.2) is 18.7 Å². The zero-order valence-electron chi connectivity index (χ0n) is 15.1. The van der Waals surface area contributed by atoms with Gasteiger partial charge in [-0.05, 0) is 19.1 Å². The van der Waals surface area contributed by atoms with Crippen molar-refractivity contribution < 1.29 is 18.6 Å². The molecule has 3 heterocycles. The van der Waals surface area contributed by atoms with Crippen molar-refractivity contribution in [2.75, 3.05) is 11.9 Å². The van der Waals surface area contributed by atoms with E-state index >= 15 is 0 Å². The lowest BCUT2D eigenvalue weighted by Crippen LogP contribution is -2.16. The molecule has 0 radical (unpaired) electrons. The predicted octanol–water partition coefficient (Wildman–Crippen LogP) is 2.67. The Balaban J connectivity index is 1.79. The second-order valence-corrected chi connectivity index (χ2v) is 6.19. The number of ether oxygens (including phenoxy) is 1. The number of aliphatic hydroxyl groups is 1. The zero-order chi connectivity index (χ0) is 20.4. The first-order valence-corrected chi connectivity index (χ1v) is 8.57. The number of aromatic amines is 1. The number of halogens is 2. The van der Waals surface area contributed by atoms with Crippen LogP contribution in [0.15, 0.2) is 36.9 Å². The fraction of sp³-hybridized carbons (Fsp3) is 0.167. The molecule has 3 N–H and O–H groups in total. The Labute approximate surface area is 162 Å². The van der Waals surface area contributed by atoms with Crippen molar-refractivity contribution in [3.63, 3.8) is 0 Å². The molecule has 0 unspecified atom stereocenters. The molecule has 148 valence electrons. The van der Waals surface area contributed by atoms with Crippen molar-refractivity contribution in [2.24, 2.45) is 0 Å². The van der Waals surface area contributed by atoms with Gasteiger partial charge in [0.2, 0.25) is 0 Å². The van der Waals surface area contributed by atoms with Gasteiger partial charge in [-0.15, -0.1) is 0 Å². The molecule has 0 saturated heterocycles. The van der Waals surface area contributed by atoms with Crippen LogP contribution in [0.2, 0.25) is 0 Å². The third-order valence-corrected chi connectivity index (χ3v) is 3.90. The highest BCUT2D eigenvalue weighted by atomic mass is 19.1. The van der Waals surface area contributed by atoms with E-state index in [-0.39, 0.29) is 24.0 Å². The van der Waals surface area contributed by atoms with Crippen molar-refractivity contribution in [2.45, 2.75) is 13.0 Å². The molecular weight excluding hydrogens is 384 g/mol. The molecule has 1 atom stereocenters. The van der Waals surface area contributed by atoms with Crippen LogP contribution in [-0.2, 0) is 0 Å². The number of benzene rings is 1. The number of H-pyrrole nitrogens is 1. The van der Waals surface area contributed by atoms with Gasteiger partial charge in [0.25, 0.3) is 0 Å². The van der Waals surface area contributed by atoms with Crippen molar-refractivity contribution in [1.82, 2.24) is 30.1 Å². The van der Waals surface area contributed by atoms with Crippen LogP contribution >= 0.6 is 0 Å². The highest BCUT2D eigenvalue weighted by Crippen LogP contribution is 2.32. The Hall–Kier alpha value is -3.73. The van der Waals surface area contributed by atoms with Crippen LogP contribution < -0.4 is 10.1 Å². The summed E-state index contributed by atoms with van der Waals surface area (Å²) in [4.78, 5) is 16.4. The summed E-state index contributed by atoms with van der Waals surface area (Å²) in [6, 6.07) is 2.70. The number of nitrogens with one attached hydrogen (secondary N) is 2. The topological polar surface area (TPSA) is 122 Å². The summed E-state index contributed by atoms with van der Waals surface area (Å²) in [6.07, 6.45) is 3.93. The van der Waals surface area contributed by atoms with Gasteiger partial charge < -0.3 is 15.2 Å². The molecule has 11 heteroatoms. The van der Waals surface area contributed by atoms with Crippen molar-refractivity contribution in [3.05, 3.63) is 48.6 Å². The maximum atomic E-state index is 13.9. The van der Waals surface area contributed by atoms with Gasteiger partial charge in [-0.1, -0.05) is 0 Å². The van der Waals surface area contributed by atoms with Crippen LogP contribution in [0.25, 0.3) is 22.3 Å². The smallest absolute Gasteiger partial charge is 0.326 e. The van der Waals surface area contributed by atoms with E-state index in [0.717, 1.165) is 12.1 Å². The van der Waals surface area contributed by atoms with E-state index in [1.165, 1.54) is 6.33 Å². The molecule has 0 aliphatic rings. The Kier molecular flexibility index (Phi) is 4.96. The number of rotatable bonds is 6. The monoisotopic (exact) mass is 399 g/mol. The molecule has 0 aliphatic heterocycles. The number of nitrogens with zero attached hydrogens (tertiary/aromatic N) is 5. The molecule has 29 heavy (non-hydrogen) atoms. The van der Waals surface area contributed by atoms with Gasteiger partial charge in [0, 0.05) is 30.6 Å². The minimum absolute atomic E-state index is 0.187. The molecule has 3 aromatic heterocycles. The van der Waals surface area contributed by atoms with Gasteiger partial charge in [0.05, 0.1) is 17.2 Å². The Morgan fingerprint density at radius 3 is 2.72 bits per heavy atom. The summed E-state index contributed by atoms with van der Waals surface area (Å²) >= 11 is 0.